The first-order valence-electron chi connectivity index (χ1n) is 17.0. The number of carbonyl (C=O) groups excluding carboxylic acids is 2. The van der Waals surface area contributed by atoms with Gasteiger partial charge >= 0.3 is 12.1 Å². The van der Waals surface area contributed by atoms with Crippen molar-refractivity contribution in [1.29, 1.82) is 0 Å². The Morgan fingerprint density at radius 1 is 0.915 bits per heavy atom. The second-order valence-electron chi connectivity index (χ2n) is 14.9. The predicted octanol–water partition coefficient (Wildman–Crippen LogP) is 6.87. The highest BCUT2D eigenvalue weighted by Gasteiger charge is 2.50. The van der Waals surface area contributed by atoms with Gasteiger partial charge in [0.05, 0.1) is 19.3 Å². The average Bonchev–Trinajstić information content (AvgIpc) is 3.52. The van der Waals surface area contributed by atoms with Crippen LogP contribution in [0.4, 0.5) is 4.79 Å². The molecule has 1 heterocycles. The van der Waals surface area contributed by atoms with E-state index in [9.17, 15) is 14.4 Å². The minimum Gasteiger partial charge on any atom is -0.493 e. The number of amides is 1. The van der Waals surface area contributed by atoms with Crippen LogP contribution in [0.15, 0.2) is 72.8 Å². The second kappa shape index (κ2) is 14.2. The molecule has 0 saturated heterocycles. The Bertz CT molecular complexity index is 1490. The van der Waals surface area contributed by atoms with Crippen molar-refractivity contribution in [2.24, 2.45) is 11.8 Å². The normalized spacial score (nSPS) is 18.4. The quantitative estimate of drug-likeness (QED) is 0.189. The number of ether oxygens (including phenoxy) is 3. The van der Waals surface area contributed by atoms with E-state index in [0.717, 1.165) is 53.6 Å². The van der Waals surface area contributed by atoms with Crippen LogP contribution in [0, 0.1) is 11.8 Å². The van der Waals surface area contributed by atoms with Gasteiger partial charge in [-0.3, -0.25) is 0 Å². The third-order valence-corrected chi connectivity index (χ3v) is 14.7. The Morgan fingerprint density at radius 2 is 1.53 bits per heavy atom. The summed E-state index contributed by atoms with van der Waals surface area (Å²) in [4.78, 5) is 39.8. The summed E-state index contributed by atoms with van der Waals surface area (Å²) in [6.45, 7) is 11.5. The van der Waals surface area contributed by atoms with Crippen molar-refractivity contribution in [1.82, 2.24) is 4.90 Å². The smallest absolute Gasteiger partial charge is 0.410 e. The summed E-state index contributed by atoms with van der Waals surface area (Å²) in [6.07, 6.45) is 5.58. The summed E-state index contributed by atoms with van der Waals surface area (Å²) in [5.74, 6) is 1.14. The number of benzene rings is 3. The lowest BCUT2D eigenvalue weighted by Crippen LogP contribution is -2.65. The maximum Gasteiger partial charge on any atom is 0.410 e. The van der Waals surface area contributed by atoms with Gasteiger partial charge in [-0.25, -0.2) is 9.59 Å². The molecular formula is C39H51NO6Si. The first kappa shape index (κ1) is 34.7. The van der Waals surface area contributed by atoms with Crippen LogP contribution in [0.2, 0.25) is 5.04 Å². The molecule has 2 aliphatic rings. The predicted molar refractivity (Wildman–Crippen MR) is 188 cm³/mol. The van der Waals surface area contributed by atoms with Crippen molar-refractivity contribution in [3.63, 3.8) is 0 Å². The van der Waals surface area contributed by atoms with E-state index in [-0.39, 0.29) is 11.1 Å². The zero-order chi connectivity index (χ0) is 33.8. The van der Waals surface area contributed by atoms with E-state index in [0.29, 0.717) is 49.3 Å². The van der Waals surface area contributed by atoms with Gasteiger partial charge in [0.2, 0.25) is 0 Å². The van der Waals surface area contributed by atoms with Crippen LogP contribution < -0.4 is 15.1 Å². The van der Waals surface area contributed by atoms with Crippen LogP contribution in [0.1, 0.15) is 88.2 Å². The highest BCUT2D eigenvalue weighted by molar-refractivity contribution is 6.98. The average molecular weight is 658 g/mol. The van der Waals surface area contributed by atoms with Crippen LogP contribution >= 0.6 is 0 Å². The fraction of sp³-hybridized carbons (Fsp3) is 0.487. The van der Waals surface area contributed by atoms with E-state index in [4.69, 9.17) is 14.2 Å². The van der Waals surface area contributed by atoms with Crippen molar-refractivity contribution in [2.45, 2.75) is 90.3 Å². The van der Waals surface area contributed by atoms with Gasteiger partial charge in [-0.15, -0.1) is 0 Å². The van der Waals surface area contributed by atoms with Gasteiger partial charge in [0, 0.05) is 18.7 Å². The molecule has 0 bridgehead atoms. The lowest BCUT2D eigenvalue weighted by atomic mass is 9.89. The number of fused-ring (bicyclic) bond motifs is 1. The summed E-state index contributed by atoms with van der Waals surface area (Å²) >= 11 is 0. The number of hydrogen-bond acceptors (Lipinski definition) is 6. The Hall–Kier alpha value is -3.62. The van der Waals surface area contributed by atoms with Crippen LogP contribution in [0.3, 0.4) is 0 Å². The van der Waals surface area contributed by atoms with Gasteiger partial charge in [0.25, 0.3) is 8.32 Å². The highest BCUT2D eigenvalue weighted by Crippen LogP contribution is 2.45. The summed E-state index contributed by atoms with van der Waals surface area (Å²) < 4.78 is 17.3. The topological polar surface area (TPSA) is 85.3 Å². The van der Waals surface area contributed by atoms with Crippen LogP contribution in [-0.4, -0.2) is 55.9 Å². The molecule has 47 heavy (non-hydrogen) atoms. The largest absolute Gasteiger partial charge is 0.493 e. The second-order valence-corrected chi connectivity index (χ2v) is 18.8. The molecule has 0 spiro atoms. The third kappa shape index (κ3) is 7.76. The molecule has 5 rings (SSSR count). The van der Waals surface area contributed by atoms with E-state index in [2.05, 4.69) is 38.1 Å². The maximum absolute atomic E-state index is 12.8. The Balaban J connectivity index is 1.31. The van der Waals surface area contributed by atoms with Gasteiger partial charge < -0.3 is 23.9 Å². The van der Waals surface area contributed by atoms with Gasteiger partial charge in [-0.1, -0.05) is 87.4 Å². The standard InChI is InChI=1S/C39H51NO6Si/c1-38(2,3)46-37(42)40-23-21-34-31(26-40)24-30(36(41)44-6)25-35(34)45-27-29-15-13-14-28(29)20-22-39(4,5)47(43,32-16-9-7-10-17-32)33-18-11-8-12-19-33/h7-12,16-19,24-25,28-29,43H,13-15,20-23,26-27H2,1-6H3/t28-,29-/m0/s1. The van der Waals surface area contributed by atoms with E-state index in [1.165, 1.54) is 7.11 Å². The fourth-order valence-corrected chi connectivity index (χ4v) is 11.2. The molecule has 1 aliphatic carbocycles. The minimum absolute atomic E-state index is 0.294. The zero-order valence-electron chi connectivity index (χ0n) is 28.9. The monoisotopic (exact) mass is 657 g/mol. The van der Waals surface area contributed by atoms with Crippen LogP contribution in [0.5, 0.6) is 5.75 Å². The maximum atomic E-state index is 12.8. The molecule has 252 valence electrons. The summed E-state index contributed by atoms with van der Waals surface area (Å²) in [7, 11) is -1.70. The molecule has 0 radical (unpaired) electrons. The molecule has 1 aliphatic heterocycles. The van der Waals surface area contributed by atoms with Crippen molar-refractivity contribution in [3.05, 3.63) is 89.5 Å². The number of esters is 1. The SMILES string of the molecule is COC(=O)c1cc2c(c(OC[C@@H]3CCC[C@H]3CCC(C)(C)[Si](O)(c3ccccc3)c3ccccc3)c1)CCN(C(=O)OC(C)(C)C)C2. The van der Waals surface area contributed by atoms with E-state index in [1.54, 1.807) is 11.0 Å². The fourth-order valence-electron chi connectivity index (χ4n) is 7.45. The molecule has 2 atom stereocenters. The van der Waals surface area contributed by atoms with Gasteiger partial charge in [0.1, 0.15) is 11.4 Å². The number of methoxy groups -OCH3 is 1. The van der Waals surface area contributed by atoms with E-state index < -0.39 is 19.9 Å². The molecular weight excluding hydrogens is 607 g/mol. The molecule has 1 fully saturated rings. The first-order chi connectivity index (χ1) is 22.3. The summed E-state index contributed by atoms with van der Waals surface area (Å²) in [6, 6.07) is 24.1. The molecule has 3 aromatic carbocycles. The minimum atomic E-state index is -3.07. The summed E-state index contributed by atoms with van der Waals surface area (Å²) in [5, 5.41) is 1.79. The molecule has 3 aromatic rings. The highest BCUT2D eigenvalue weighted by atomic mass is 28.4. The van der Waals surface area contributed by atoms with Gasteiger partial charge in [-0.2, -0.15) is 0 Å². The Labute approximate surface area is 281 Å². The lowest BCUT2D eigenvalue weighted by Gasteiger charge is -2.42. The third-order valence-electron chi connectivity index (χ3n) is 10.1. The van der Waals surface area contributed by atoms with E-state index >= 15 is 0 Å². The molecule has 1 amide bonds. The van der Waals surface area contributed by atoms with Crippen molar-refractivity contribution in [2.75, 3.05) is 20.3 Å². The molecule has 0 aromatic heterocycles. The van der Waals surface area contributed by atoms with Crippen molar-refractivity contribution < 1.29 is 28.6 Å². The Morgan fingerprint density at radius 3 is 2.13 bits per heavy atom. The van der Waals surface area contributed by atoms with Crippen molar-refractivity contribution >= 4 is 30.8 Å². The molecule has 8 heteroatoms. The van der Waals surface area contributed by atoms with Crippen LogP contribution in [0.25, 0.3) is 0 Å². The van der Waals surface area contributed by atoms with Gasteiger partial charge in [-0.05, 0) is 91.4 Å². The molecule has 7 nitrogen and oxygen atoms in total. The zero-order valence-corrected chi connectivity index (χ0v) is 29.9. The van der Waals surface area contributed by atoms with Crippen molar-refractivity contribution in [3.8, 4) is 5.75 Å². The van der Waals surface area contributed by atoms with Crippen LogP contribution in [-0.2, 0) is 22.4 Å². The molecule has 1 saturated carbocycles. The molecule has 1 N–H and O–H groups in total. The Kier molecular flexibility index (Phi) is 10.5. The van der Waals surface area contributed by atoms with E-state index in [1.807, 2.05) is 63.2 Å². The number of rotatable bonds is 10. The number of carbonyl (C=O) groups is 2. The first-order valence-corrected chi connectivity index (χ1v) is 19.0. The number of nitrogens with zero attached hydrogens (tertiary/aromatic N) is 1. The van der Waals surface area contributed by atoms with Gasteiger partial charge in [0.15, 0.2) is 0 Å². The number of hydrogen-bond donors (Lipinski definition) is 1. The molecule has 0 unspecified atom stereocenters. The summed E-state index contributed by atoms with van der Waals surface area (Å²) in [5.41, 5.74) is 1.75. The lowest BCUT2D eigenvalue weighted by molar-refractivity contribution is 0.0222.